The summed E-state index contributed by atoms with van der Waals surface area (Å²) in [5.41, 5.74) is 8.45. The first kappa shape index (κ1) is 2.22. The molecule has 1 aromatic rings. The highest BCUT2D eigenvalue weighted by atomic mass is 14.5. The second-order valence-electron chi connectivity index (χ2n) is 4.49. The zero-order chi connectivity index (χ0) is 37.9. The Morgan fingerprint density at radius 1 is 1.23 bits per heavy atom. The van der Waals surface area contributed by atoms with E-state index in [4.69, 9.17) is 47.3 Å². The Bertz CT molecular complexity index is 291. The van der Waals surface area contributed by atoms with Crippen molar-refractivity contribution in [1.82, 2.24) is 0 Å². The molecule has 0 heterocycles. The highest BCUT2D eigenvalue weighted by molar-refractivity contribution is 5.27. The summed E-state index contributed by atoms with van der Waals surface area (Å²) in [6.45, 7) is 7.41. The van der Waals surface area contributed by atoms with Crippen LogP contribution in [0.3, 0.4) is 0 Å². The summed E-state index contributed by atoms with van der Waals surface area (Å²) in [6, 6.07) is 8.75. The number of hydrogen-bond donors (Lipinski definition) is 1. The lowest BCUT2D eigenvalue weighted by atomic mass is 9.86. The van der Waals surface area contributed by atoms with Gasteiger partial charge in [-0.2, -0.15) is 0 Å². The SMILES string of the molecule is CC(C)(C)c1ccc(CCN)cc1.[2HH].[2H][2H].[2H][2H].[2H][2H].[2H][2H].[2H][2H].[2H][2H].[2H][2H].[2H][2H].[2H][2H].[2H][2H].[2H][2H].[2H][2H].[2H][2H].[2H][2H]. The third-order valence-electron chi connectivity index (χ3n) is 2.25. The molecule has 0 aliphatic rings. The molecule has 2 N–H and O–H groups in total. The summed E-state index contributed by atoms with van der Waals surface area (Å²) in [7, 11) is 0. The van der Waals surface area contributed by atoms with E-state index in [2.05, 4.69) is 45.0 Å². The van der Waals surface area contributed by atoms with Gasteiger partial charge in [0.05, 0.1) is 0 Å². The monoisotopic (exact) mass is 237 g/mol. The lowest BCUT2D eigenvalue weighted by molar-refractivity contribution is 0.590. The van der Waals surface area contributed by atoms with E-state index in [1.807, 2.05) is 0 Å². The van der Waals surface area contributed by atoms with Crippen LogP contribution in [0.5, 0.6) is 0 Å². The van der Waals surface area contributed by atoms with Crippen LogP contribution >= 0.6 is 0 Å². The fourth-order valence-corrected chi connectivity index (χ4v) is 1.34. The number of rotatable bonds is 2. The predicted molar refractivity (Wildman–Crippen MR) is 89.6 cm³/mol. The van der Waals surface area contributed by atoms with Gasteiger partial charge in [-0.1, -0.05) is 45.0 Å². The van der Waals surface area contributed by atoms with E-state index >= 15 is 0 Å². The third-order valence-corrected chi connectivity index (χ3v) is 2.25. The number of benzene rings is 1. The van der Waals surface area contributed by atoms with Crippen molar-refractivity contribution in [2.45, 2.75) is 32.6 Å². The van der Waals surface area contributed by atoms with Crippen molar-refractivity contribution in [1.29, 1.82) is 0 Å². The highest BCUT2D eigenvalue weighted by Crippen LogP contribution is 2.22. The maximum Gasteiger partial charge on any atom is 0 e. The summed E-state index contributed by atoms with van der Waals surface area (Å²) >= 11 is 0. The molecule has 0 fully saturated rings. The molecule has 0 amide bonds. The van der Waals surface area contributed by atoms with Crippen LogP contribution in [-0.2, 0) is 11.8 Å². The van der Waals surface area contributed by atoms with Gasteiger partial charge in [0.2, 0.25) is 0 Å². The van der Waals surface area contributed by atoms with E-state index in [1.54, 1.807) is 0 Å². The fraction of sp³-hybridized carbons (Fsp3) is 0.500. The van der Waals surface area contributed by atoms with Gasteiger partial charge < -0.3 is 5.73 Å². The summed E-state index contributed by atoms with van der Waals surface area (Å²) in [4.78, 5) is 0. The quantitative estimate of drug-likeness (QED) is 0.652. The first-order valence-corrected chi connectivity index (χ1v) is 4.83. The summed E-state index contributed by atoms with van der Waals surface area (Å²) < 4.78 is 140. The molecule has 0 saturated heterocycles. The smallest absolute Gasteiger partial charge is 0 e. The lowest BCUT2D eigenvalue weighted by Gasteiger charge is -2.19. The molecule has 1 aromatic carbocycles. The van der Waals surface area contributed by atoms with Crippen molar-refractivity contribution in [2.24, 2.45) is 5.73 Å². The molecule has 0 radical (unpaired) electrons. The molecule has 0 spiro atoms. The first-order valence-electron chi connectivity index (χ1n) is 18.8. The van der Waals surface area contributed by atoms with E-state index in [1.165, 1.54) is 11.1 Å². The van der Waals surface area contributed by atoms with Crippen LogP contribution in [0.1, 0.15) is 74.9 Å². The van der Waals surface area contributed by atoms with Crippen LogP contribution in [0.15, 0.2) is 24.3 Å². The summed E-state index contributed by atoms with van der Waals surface area (Å²) in [6.07, 6.45) is 0.977. The Labute approximate surface area is 126 Å². The zero-order valence-electron chi connectivity index (χ0n) is 36.8. The van der Waals surface area contributed by atoms with Crippen LogP contribution in [-0.4, -0.2) is 6.54 Å². The average molecular weight is 237 g/mol. The van der Waals surface area contributed by atoms with Gasteiger partial charge in [0, 0.05) is 43.0 Å². The molecule has 1 rings (SSSR count). The Morgan fingerprint density at radius 2 is 1.77 bits per heavy atom. The van der Waals surface area contributed by atoms with E-state index in [-0.39, 0.29) is 6.84 Å². The normalized spacial score (nSPS) is 20.3. The molecule has 102 valence electrons. The van der Waals surface area contributed by atoms with Gasteiger partial charge in [-0.05, 0) is 29.5 Å². The van der Waals surface area contributed by atoms with Crippen LogP contribution in [0.4, 0.5) is 0 Å². The third kappa shape index (κ3) is 2.85. The first-order chi connectivity index (χ1) is 20.0. The lowest BCUT2D eigenvalue weighted by Crippen LogP contribution is -2.11. The molecule has 1 nitrogen and oxygen atoms in total. The van der Waals surface area contributed by atoms with Crippen LogP contribution in [0.25, 0.3) is 0 Å². The fourth-order valence-electron chi connectivity index (χ4n) is 1.34. The predicted octanol–water partition coefficient (Wildman–Crippen LogP) is 6.18. The maximum atomic E-state index is 5.48. The highest BCUT2D eigenvalue weighted by Gasteiger charge is 2.12. The molecule has 0 atom stereocenters. The Hall–Kier alpha value is -0.820. The zero-order valence-corrected chi connectivity index (χ0v) is 8.80. The second kappa shape index (κ2) is 3.93. The van der Waals surface area contributed by atoms with Crippen molar-refractivity contribution in [2.75, 3.05) is 6.54 Å². The minimum absolute atomic E-state index is 0. The van der Waals surface area contributed by atoms with Crippen LogP contribution in [0, 0.1) is 0 Å². The molecule has 13 heavy (non-hydrogen) atoms. The van der Waals surface area contributed by atoms with Crippen molar-refractivity contribution in [3.63, 3.8) is 0 Å². The summed E-state index contributed by atoms with van der Waals surface area (Å²) in [5.74, 6) is 0. The number of hydrogen-bond acceptors (Lipinski definition) is 1. The molecule has 0 aliphatic heterocycles. The van der Waals surface area contributed by atoms with Crippen LogP contribution in [0.2, 0.25) is 0 Å². The topological polar surface area (TPSA) is 26.0 Å². The Balaban J connectivity index is -0.0000000166. The van der Waals surface area contributed by atoms with Gasteiger partial charge in [0.15, 0.2) is 0 Å². The molecule has 0 aliphatic carbocycles. The molecule has 0 unspecified atom stereocenters. The Morgan fingerprint density at radius 3 is 2.15 bits per heavy atom. The molecular formula is C12H49N. The molecule has 0 saturated carbocycles. The van der Waals surface area contributed by atoms with E-state index in [9.17, 15) is 0 Å². The van der Waals surface area contributed by atoms with Crippen molar-refractivity contribution in [3.05, 3.63) is 35.4 Å². The van der Waals surface area contributed by atoms with Gasteiger partial charge in [-0.15, -0.1) is 0 Å². The van der Waals surface area contributed by atoms with Crippen molar-refractivity contribution in [3.8, 4) is 0 Å². The van der Waals surface area contributed by atoms with Gasteiger partial charge in [-0.25, -0.2) is 0 Å². The van der Waals surface area contributed by atoms with Crippen LogP contribution < -0.4 is 5.73 Å². The minimum atomic E-state index is 0. The summed E-state index contributed by atoms with van der Waals surface area (Å²) in [5, 5.41) is 0. The average Bonchev–Trinajstić information content (AvgIpc) is 3.13. The standard InChI is InChI=1S/C12H19N.15H2/c1-12(2,3)11-6-4-10(5-7-11)8-9-13;;;;;;;;;;;;;;;/h4-7H,8-9,13H2,1-3H3;15*1H/i;14*1+1D;1+1. The minimum Gasteiger partial charge on any atom is -0.330 e. The van der Waals surface area contributed by atoms with E-state index in [0.29, 0.717) is 0 Å². The van der Waals surface area contributed by atoms with E-state index < -0.39 is 0 Å². The van der Waals surface area contributed by atoms with Crippen molar-refractivity contribution >= 4 is 0 Å². The van der Waals surface area contributed by atoms with Gasteiger partial charge >= 0.3 is 0 Å². The maximum absolute atomic E-state index is 5.48. The van der Waals surface area contributed by atoms with E-state index in [0.717, 1.165) is 13.0 Å². The van der Waals surface area contributed by atoms with Gasteiger partial charge in [-0.3, -0.25) is 0 Å². The second-order valence-corrected chi connectivity index (χ2v) is 4.49. The van der Waals surface area contributed by atoms with Gasteiger partial charge in [0.1, 0.15) is 0 Å². The molecular weight excluding hydrogens is 158 g/mol. The van der Waals surface area contributed by atoms with Crippen molar-refractivity contribution < 1.29 is 43.0 Å². The molecule has 1 heteroatoms. The molecule has 0 aromatic heterocycles. The van der Waals surface area contributed by atoms with Gasteiger partial charge in [0.25, 0.3) is 0 Å². The largest absolute Gasteiger partial charge is 0.330 e. The number of nitrogens with two attached hydrogens (primary N) is 1. The molecule has 0 bridgehead atoms. The Kier molecular flexibility index (Phi) is 0.671.